The van der Waals surface area contributed by atoms with Crippen molar-refractivity contribution in [1.29, 1.82) is 0 Å². The van der Waals surface area contributed by atoms with Gasteiger partial charge in [-0.1, -0.05) is 12.1 Å². The van der Waals surface area contributed by atoms with E-state index in [0.29, 0.717) is 6.42 Å². The van der Waals surface area contributed by atoms with E-state index >= 15 is 4.39 Å². The molecule has 2 aromatic carbocycles. The smallest absolute Gasteiger partial charge is 0.309 e. The summed E-state index contributed by atoms with van der Waals surface area (Å²) in [5.41, 5.74) is 6.81. The number of aryl methyl sites for hydroxylation is 1. The van der Waals surface area contributed by atoms with Gasteiger partial charge in [0.25, 0.3) is 0 Å². The summed E-state index contributed by atoms with van der Waals surface area (Å²) in [5.74, 6) is -4.10. The normalized spacial score (nSPS) is 17.7. The monoisotopic (exact) mass is 500 g/mol. The summed E-state index contributed by atoms with van der Waals surface area (Å²) < 4.78 is 38.5. The minimum Gasteiger partial charge on any atom is -0.493 e. The number of piperidine rings is 1. The number of ether oxygens (including phenoxy) is 2. The van der Waals surface area contributed by atoms with Crippen molar-refractivity contribution in [2.45, 2.75) is 25.2 Å². The van der Waals surface area contributed by atoms with Crippen LogP contribution in [0.3, 0.4) is 0 Å². The number of aliphatic carboxylic acids is 1. The number of carbonyl (C=O) groups is 2. The van der Waals surface area contributed by atoms with Gasteiger partial charge in [0.15, 0.2) is 17.3 Å². The minimum atomic E-state index is -1.12. The molecular formula is C25H26F2N4O5. The quantitative estimate of drug-likeness (QED) is 0.506. The molecule has 9 nitrogen and oxygen atoms in total. The fraction of sp³-hybridized carbons (Fsp3) is 0.360. The molecule has 1 aromatic heterocycles. The first-order chi connectivity index (χ1) is 17.2. The molecule has 1 fully saturated rings. The summed E-state index contributed by atoms with van der Waals surface area (Å²) >= 11 is 0. The number of halogens is 2. The SMILES string of the molecule is COc1cc2c(N)nc(C3CCN(C(=O)CCc4ccc(F)cc4)CC3C(=O)O)nc2c(F)c1OC. The van der Waals surface area contributed by atoms with Crippen molar-refractivity contribution in [3.05, 3.63) is 53.4 Å². The number of carbonyl (C=O) groups excluding carboxylic acids is 1. The molecular weight excluding hydrogens is 474 g/mol. The first-order valence-electron chi connectivity index (χ1n) is 11.4. The molecule has 1 aliphatic heterocycles. The molecule has 2 unspecified atom stereocenters. The van der Waals surface area contributed by atoms with Crippen LogP contribution in [0.4, 0.5) is 14.6 Å². The van der Waals surface area contributed by atoms with Gasteiger partial charge >= 0.3 is 5.97 Å². The van der Waals surface area contributed by atoms with Gasteiger partial charge in [0.2, 0.25) is 5.91 Å². The highest BCUT2D eigenvalue weighted by Crippen LogP contribution is 2.39. The Labute approximate surface area is 205 Å². The molecule has 0 spiro atoms. The number of methoxy groups -OCH3 is 2. The Bertz CT molecular complexity index is 1300. The topological polar surface area (TPSA) is 128 Å². The van der Waals surface area contributed by atoms with Gasteiger partial charge in [-0.15, -0.1) is 0 Å². The van der Waals surface area contributed by atoms with Gasteiger partial charge < -0.3 is 25.2 Å². The third kappa shape index (κ3) is 4.86. The molecule has 3 N–H and O–H groups in total. The largest absolute Gasteiger partial charge is 0.493 e. The second-order valence-electron chi connectivity index (χ2n) is 8.60. The molecule has 0 bridgehead atoms. The standard InChI is InChI=1S/C25H26F2N4O5/c1-35-18-11-16-21(20(27)22(18)36-2)29-24(30-23(16)28)15-9-10-31(12-17(15)25(33)34)19(32)8-5-13-3-6-14(26)7-4-13/h3-4,6-7,11,15,17H,5,8-10,12H2,1-2H3,(H,33,34)(H2,28,29,30). The number of benzene rings is 2. The molecule has 4 rings (SSSR count). The number of aromatic nitrogens is 2. The molecule has 0 aliphatic carbocycles. The van der Waals surface area contributed by atoms with E-state index in [0.717, 1.165) is 5.56 Å². The van der Waals surface area contributed by atoms with Crippen molar-refractivity contribution >= 4 is 28.6 Å². The van der Waals surface area contributed by atoms with Crippen LogP contribution in [0.2, 0.25) is 0 Å². The lowest BCUT2D eigenvalue weighted by molar-refractivity contribution is -0.146. The average molecular weight is 501 g/mol. The molecule has 190 valence electrons. The number of hydrogen-bond donors (Lipinski definition) is 2. The predicted octanol–water partition coefficient (Wildman–Crippen LogP) is 3.16. The van der Waals surface area contributed by atoms with Crippen LogP contribution >= 0.6 is 0 Å². The van der Waals surface area contributed by atoms with Gasteiger partial charge in [0.05, 0.1) is 20.1 Å². The Morgan fingerprint density at radius 3 is 2.53 bits per heavy atom. The van der Waals surface area contributed by atoms with E-state index in [-0.39, 0.29) is 71.7 Å². The molecule has 1 saturated heterocycles. The van der Waals surface area contributed by atoms with Gasteiger partial charge in [-0.2, -0.15) is 0 Å². The molecule has 1 amide bonds. The number of nitrogen functional groups attached to an aromatic ring is 1. The third-order valence-electron chi connectivity index (χ3n) is 6.48. The van der Waals surface area contributed by atoms with Crippen LogP contribution in [-0.2, 0) is 16.0 Å². The number of hydrogen-bond acceptors (Lipinski definition) is 7. The molecule has 3 aromatic rings. The maximum atomic E-state index is 15.2. The van der Waals surface area contributed by atoms with Gasteiger partial charge in [0.1, 0.15) is 23.0 Å². The predicted molar refractivity (Wildman–Crippen MR) is 127 cm³/mol. The average Bonchev–Trinajstić information content (AvgIpc) is 2.87. The summed E-state index contributed by atoms with van der Waals surface area (Å²) in [6, 6.07) is 7.35. The number of amides is 1. The van der Waals surface area contributed by atoms with Crippen molar-refractivity contribution < 1.29 is 33.0 Å². The number of likely N-dealkylation sites (tertiary alicyclic amines) is 1. The highest BCUT2D eigenvalue weighted by Gasteiger charge is 2.39. The van der Waals surface area contributed by atoms with Crippen molar-refractivity contribution in [2.24, 2.45) is 5.92 Å². The van der Waals surface area contributed by atoms with Crippen molar-refractivity contribution in [3.8, 4) is 11.5 Å². The van der Waals surface area contributed by atoms with E-state index in [9.17, 15) is 19.1 Å². The summed E-state index contributed by atoms with van der Waals surface area (Å²) in [4.78, 5) is 35.0. The number of fused-ring (bicyclic) bond motifs is 1. The zero-order valence-corrected chi connectivity index (χ0v) is 19.8. The Balaban J connectivity index is 1.57. The first-order valence-corrected chi connectivity index (χ1v) is 11.4. The molecule has 2 heterocycles. The molecule has 2 atom stereocenters. The van der Waals surface area contributed by atoms with E-state index in [1.165, 1.54) is 37.3 Å². The van der Waals surface area contributed by atoms with Gasteiger partial charge in [0, 0.05) is 30.8 Å². The summed E-state index contributed by atoms with van der Waals surface area (Å²) in [5, 5.41) is 10.1. The van der Waals surface area contributed by atoms with Crippen molar-refractivity contribution in [2.75, 3.05) is 33.0 Å². The van der Waals surface area contributed by atoms with Crippen LogP contribution in [0, 0.1) is 17.6 Å². The van der Waals surface area contributed by atoms with Crippen molar-refractivity contribution in [1.82, 2.24) is 14.9 Å². The molecule has 0 radical (unpaired) electrons. The van der Waals surface area contributed by atoms with E-state index in [1.54, 1.807) is 12.1 Å². The van der Waals surface area contributed by atoms with E-state index in [4.69, 9.17) is 15.2 Å². The van der Waals surface area contributed by atoms with Crippen LogP contribution < -0.4 is 15.2 Å². The maximum absolute atomic E-state index is 15.2. The summed E-state index contributed by atoms with van der Waals surface area (Å²) in [6.45, 7) is 0.240. The second-order valence-corrected chi connectivity index (χ2v) is 8.60. The number of nitrogens with zero attached hydrogens (tertiary/aromatic N) is 3. The zero-order valence-electron chi connectivity index (χ0n) is 19.8. The minimum absolute atomic E-state index is 0.0169. The van der Waals surface area contributed by atoms with E-state index in [1.807, 2.05) is 0 Å². The molecule has 11 heteroatoms. The Hall–Kier alpha value is -4.02. The van der Waals surface area contributed by atoms with E-state index in [2.05, 4.69) is 9.97 Å². The summed E-state index contributed by atoms with van der Waals surface area (Å²) in [6.07, 6.45) is 0.833. The number of rotatable bonds is 7. The van der Waals surface area contributed by atoms with Gasteiger partial charge in [-0.3, -0.25) is 9.59 Å². The van der Waals surface area contributed by atoms with Crippen LogP contribution in [0.15, 0.2) is 30.3 Å². The van der Waals surface area contributed by atoms with Crippen LogP contribution in [0.1, 0.15) is 30.1 Å². The highest BCUT2D eigenvalue weighted by atomic mass is 19.1. The molecule has 36 heavy (non-hydrogen) atoms. The third-order valence-corrected chi connectivity index (χ3v) is 6.48. The van der Waals surface area contributed by atoms with Crippen LogP contribution in [-0.4, -0.2) is 59.2 Å². The number of nitrogens with two attached hydrogens (primary N) is 1. The fourth-order valence-electron chi connectivity index (χ4n) is 4.53. The highest BCUT2D eigenvalue weighted by molar-refractivity contribution is 5.91. The lowest BCUT2D eigenvalue weighted by atomic mass is 9.84. The molecule has 0 saturated carbocycles. The lowest BCUT2D eigenvalue weighted by Gasteiger charge is -2.36. The lowest BCUT2D eigenvalue weighted by Crippen LogP contribution is -2.46. The second kappa shape index (κ2) is 10.3. The zero-order chi connectivity index (χ0) is 26.0. The number of anilines is 1. The fourth-order valence-corrected chi connectivity index (χ4v) is 4.53. The summed E-state index contributed by atoms with van der Waals surface area (Å²) in [7, 11) is 2.65. The van der Waals surface area contributed by atoms with Crippen LogP contribution in [0.25, 0.3) is 10.9 Å². The van der Waals surface area contributed by atoms with Crippen LogP contribution in [0.5, 0.6) is 11.5 Å². The number of carboxylic acids is 1. The van der Waals surface area contributed by atoms with E-state index < -0.39 is 23.6 Å². The molecule has 1 aliphatic rings. The Morgan fingerprint density at radius 1 is 1.17 bits per heavy atom. The number of carboxylic acid groups (broad SMARTS) is 1. The maximum Gasteiger partial charge on any atom is 0.309 e. The van der Waals surface area contributed by atoms with Crippen molar-refractivity contribution in [3.63, 3.8) is 0 Å². The Morgan fingerprint density at radius 2 is 1.89 bits per heavy atom. The Kier molecular flexibility index (Phi) is 7.18. The van der Waals surface area contributed by atoms with Gasteiger partial charge in [-0.05, 0) is 36.6 Å². The first kappa shape index (κ1) is 25.1. The van der Waals surface area contributed by atoms with Gasteiger partial charge in [-0.25, -0.2) is 18.7 Å².